The molecule has 0 amide bonds. The third kappa shape index (κ3) is 4.94. The number of nitrogens with zero attached hydrogens (tertiary/aromatic N) is 1. The third-order valence-corrected chi connectivity index (χ3v) is 8.02. The van der Waals surface area contributed by atoms with Crippen molar-refractivity contribution in [3.63, 3.8) is 0 Å². The fourth-order valence-corrected chi connectivity index (χ4v) is 5.85. The molecule has 2 heteroatoms. The zero-order valence-corrected chi connectivity index (χ0v) is 24.1. The molecule has 0 saturated heterocycles. The largest absolute Gasteiger partial charge is 0.455 e. The van der Waals surface area contributed by atoms with Gasteiger partial charge < -0.3 is 9.32 Å². The van der Waals surface area contributed by atoms with E-state index in [1.54, 1.807) is 6.08 Å². The van der Waals surface area contributed by atoms with Gasteiger partial charge in [-0.25, -0.2) is 0 Å². The van der Waals surface area contributed by atoms with E-state index in [-0.39, 0.29) is 0 Å². The predicted octanol–water partition coefficient (Wildman–Crippen LogP) is 12.0. The molecule has 0 bridgehead atoms. The molecule has 7 aromatic rings. The first-order chi connectivity index (χ1) is 21.2. The van der Waals surface area contributed by atoms with Gasteiger partial charge in [-0.3, -0.25) is 0 Å². The number of allylic oxidation sites excluding steroid dienone is 5. The minimum Gasteiger partial charge on any atom is -0.455 e. The topological polar surface area (TPSA) is 16.4 Å². The molecule has 1 heterocycles. The highest BCUT2D eigenvalue weighted by atomic mass is 16.3. The Hall–Kier alpha value is -5.60. The van der Waals surface area contributed by atoms with Gasteiger partial charge in [-0.05, 0) is 77.0 Å². The summed E-state index contributed by atoms with van der Waals surface area (Å²) in [4.78, 5) is 2.29. The molecule has 0 radical (unpaired) electrons. The Labute approximate surface area is 252 Å². The van der Waals surface area contributed by atoms with E-state index in [0.717, 1.165) is 55.5 Å². The van der Waals surface area contributed by atoms with Crippen molar-refractivity contribution >= 4 is 55.3 Å². The molecule has 206 valence electrons. The number of fused-ring (bicyclic) bond motifs is 5. The van der Waals surface area contributed by atoms with Crippen molar-refractivity contribution in [3.8, 4) is 11.1 Å². The summed E-state index contributed by atoms with van der Waals surface area (Å²) in [7, 11) is 0. The average Bonchev–Trinajstić information content (AvgIpc) is 3.45. The lowest BCUT2D eigenvalue weighted by Crippen LogP contribution is -2.09. The Balaban J connectivity index is 1.35. The molecular weight excluding hydrogens is 522 g/mol. The highest BCUT2D eigenvalue weighted by Crippen LogP contribution is 2.40. The summed E-state index contributed by atoms with van der Waals surface area (Å²) in [6.07, 6.45) is 7.97. The quantitative estimate of drug-likeness (QED) is 0.183. The van der Waals surface area contributed by atoms with Crippen LogP contribution >= 0.6 is 0 Å². The number of furan rings is 1. The molecule has 0 unspecified atom stereocenters. The SMILES string of the molecule is C=C/C=C\C(=C/C)c1ccc(N(c2ccc(-c3ccccc3)cc2)c2ccc3c(c2)oc2c4ccccc4ccc32)cc1. The molecule has 0 atom stereocenters. The molecule has 7 rings (SSSR count). The molecule has 0 fully saturated rings. The van der Waals surface area contributed by atoms with Gasteiger partial charge in [0.1, 0.15) is 11.2 Å². The van der Waals surface area contributed by atoms with Crippen LogP contribution in [0.2, 0.25) is 0 Å². The Morgan fingerprint density at radius 2 is 1.28 bits per heavy atom. The van der Waals surface area contributed by atoms with E-state index in [1.807, 2.05) is 12.1 Å². The van der Waals surface area contributed by atoms with Crippen molar-refractivity contribution in [1.29, 1.82) is 0 Å². The van der Waals surface area contributed by atoms with Gasteiger partial charge in [-0.2, -0.15) is 0 Å². The lowest BCUT2D eigenvalue weighted by atomic mass is 10.0. The van der Waals surface area contributed by atoms with Crippen LogP contribution in [-0.4, -0.2) is 0 Å². The van der Waals surface area contributed by atoms with Crippen LogP contribution in [0, 0.1) is 0 Å². The van der Waals surface area contributed by atoms with E-state index in [4.69, 9.17) is 4.42 Å². The maximum atomic E-state index is 6.56. The number of anilines is 3. The van der Waals surface area contributed by atoms with E-state index >= 15 is 0 Å². The smallest absolute Gasteiger partial charge is 0.143 e. The number of hydrogen-bond acceptors (Lipinski definition) is 2. The van der Waals surface area contributed by atoms with Gasteiger partial charge >= 0.3 is 0 Å². The predicted molar refractivity (Wildman–Crippen MR) is 184 cm³/mol. The van der Waals surface area contributed by atoms with Crippen molar-refractivity contribution in [2.75, 3.05) is 4.90 Å². The summed E-state index contributed by atoms with van der Waals surface area (Å²) in [6.45, 7) is 5.87. The zero-order valence-electron chi connectivity index (χ0n) is 24.1. The van der Waals surface area contributed by atoms with Crippen LogP contribution in [0.25, 0.3) is 49.4 Å². The van der Waals surface area contributed by atoms with Crippen LogP contribution in [0.5, 0.6) is 0 Å². The highest BCUT2D eigenvalue weighted by molar-refractivity contribution is 6.15. The van der Waals surface area contributed by atoms with Crippen molar-refractivity contribution in [3.05, 3.63) is 170 Å². The fraction of sp³-hybridized carbons (Fsp3) is 0.0244. The van der Waals surface area contributed by atoms with Gasteiger partial charge in [0.05, 0.1) is 0 Å². The molecule has 0 aliphatic heterocycles. The van der Waals surface area contributed by atoms with Crippen LogP contribution in [-0.2, 0) is 0 Å². The fourth-order valence-electron chi connectivity index (χ4n) is 5.85. The van der Waals surface area contributed by atoms with Crippen molar-refractivity contribution in [1.82, 2.24) is 0 Å². The van der Waals surface area contributed by atoms with Crippen LogP contribution < -0.4 is 4.90 Å². The third-order valence-electron chi connectivity index (χ3n) is 8.02. The van der Waals surface area contributed by atoms with Crippen LogP contribution in [0.15, 0.2) is 169 Å². The van der Waals surface area contributed by atoms with Gasteiger partial charge in [0.2, 0.25) is 0 Å². The molecule has 0 saturated carbocycles. The van der Waals surface area contributed by atoms with Crippen LogP contribution in [0.3, 0.4) is 0 Å². The number of benzene rings is 6. The van der Waals surface area contributed by atoms with E-state index in [9.17, 15) is 0 Å². The molecule has 0 aliphatic rings. The lowest BCUT2D eigenvalue weighted by Gasteiger charge is -2.26. The number of hydrogen-bond donors (Lipinski definition) is 0. The lowest BCUT2D eigenvalue weighted by molar-refractivity contribution is 0.672. The minimum atomic E-state index is 0.872. The Morgan fingerprint density at radius 1 is 0.628 bits per heavy atom. The first kappa shape index (κ1) is 26.3. The second-order valence-corrected chi connectivity index (χ2v) is 10.6. The highest BCUT2D eigenvalue weighted by Gasteiger charge is 2.17. The van der Waals surface area contributed by atoms with E-state index < -0.39 is 0 Å². The monoisotopic (exact) mass is 553 g/mol. The normalized spacial score (nSPS) is 12.0. The van der Waals surface area contributed by atoms with Gasteiger partial charge in [0.15, 0.2) is 0 Å². The molecule has 1 aromatic heterocycles. The molecule has 43 heavy (non-hydrogen) atoms. The standard InChI is InChI=1S/C41H31NO/c1-3-5-11-29(4-2)31-16-21-34(22-17-31)42(35-23-18-32(19-24-35)30-12-7-6-8-13-30)36-25-27-38-39-26-20-33-14-9-10-15-37(33)41(39)43-40(38)28-36/h3-28H,1H2,2H3/b11-5-,29-4+. The van der Waals surface area contributed by atoms with Gasteiger partial charge in [-0.15, -0.1) is 0 Å². The summed E-state index contributed by atoms with van der Waals surface area (Å²) in [5.74, 6) is 0. The summed E-state index contributed by atoms with van der Waals surface area (Å²) in [5.41, 5.74) is 9.68. The first-order valence-electron chi connectivity index (χ1n) is 14.6. The summed E-state index contributed by atoms with van der Waals surface area (Å²) >= 11 is 0. The number of rotatable bonds is 7. The summed E-state index contributed by atoms with van der Waals surface area (Å²) < 4.78 is 6.56. The van der Waals surface area contributed by atoms with Gasteiger partial charge in [0, 0.05) is 39.3 Å². The molecule has 0 aliphatic carbocycles. The Morgan fingerprint density at radius 3 is 2.02 bits per heavy atom. The van der Waals surface area contributed by atoms with Gasteiger partial charge in [-0.1, -0.05) is 116 Å². The minimum absolute atomic E-state index is 0.872. The van der Waals surface area contributed by atoms with Crippen molar-refractivity contribution < 1.29 is 4.42 Å². The molecule has 0 N–H and O–H groups in total. The van der Waals surface area contributed by atoms with Crippen LogP contribution in [0.4, 0.5) is 17.1 Å². The van der Waals surface area contributed by atoms with E-state index in [0.29, 0.717) is 0 Å². The Kier molecular flexibility index (Phi) is 6.94. The second kappa shape index (κ2) is 11.3. The molecular formula is C41H31NO. The maximum Gasteiger partial charge on any atom is 0.143 e. The molecule has 6 aromatic carbocycles. The van der Waals surface area contributed by atoms with Crippen molar-refractivity contribution in [2.45, 2.75) is 6.92 Å². The average molecular weight is 554 g/mol. The molecule has 0 spiro atoms. The van der Waals surface area contributed by atoms with Gasteiger partial charge in [0.25, 0.3) is 0 Å². The zero-order chi connectivity index (χ0) is 29.2. The van der Waals surface area contributed by atoms with E-state index in [2.05, 4.69) is 158 Å². The second-order valence-electron chi connectivity index (χ2n) is 10.6. The van der Waals surface area contributed by atoms with Crippen LogP contribution in [0.1, 0.15) is 12.5 Å². The Bertz CT molecular complexity index is 2130. The maximum absolute atomic E-state index is 6.56. The summed E-state index contributed by atoms with van der Waals surface area (Å²) in [6, 6.07) is 47.2. The van der Waals surface area contributed by atoms with Crippen molar-refractivity contribution in [2.24, 2.45) is 0 Å². The van der Waals surface area contributed by atoms with E-state index in [1.165, 1.54) is 16.5 Å². The molecule has 2 nitrogen and oxygen atoms in total. The summed E-state index contributed by atoms with van der Waals surface area (Å²) in [5, 5.41) is 4.56. The first-order valence-corrected chi connectivity index (χ1v) is 14.6.